The maximum atomic E-state index is 12.1. The first-order valence-corrected chi connectivity index (χ1v) is 7.63. The SMILES string of the molecule is CCC(C)NS(=O)(=O)c1cc(Br)cc(N)c1C. The van der Waals surface area contributed by atoms with E-state index in [2.05, 4.69) is 20.7 Å². The van der Waals surface area contributed by atoms with Crippen molar-refractivity contribution in [3.05, 3.63) is 22.2 Å². The molecule has 1 aromatic carbocycles. The molecule has 3 N–H and O–H groups in total. The number of rotatable bonds is 4. The van der Waals surface area contributed by atoms with Crippen molar-refractivity contribution in [3.8, 4) is 0 Å². The van der Waals surface area contributed by atoms with Crippen LogP contribution in [0.4, 0.5) is 5.69 Å². The van der Waals surface area contributed by atoms with Crippen LogP contribution < -0.4 is 10.5 Å². The molecule has 4 nitrogen and oxygen atoms in total. The highest BCUT2D eigenvalue weighted by molar-refractivity contribution is 9.10. The first kappa shape index (κ1) is 14.5. The third kappa shape index (κ3) is 3.43. The molecule has 6 heteroatoms. The molecule has 17 heavy (non-hydrogen) atoms. The van der Waals surface area contributed by atoms with Gasteiger partial charge < -0.3 is 5.73 Å². The minimum absolute atomic E-state index is 0.0976. The lowest BCUT2D eigenvalue weighted by atomic mass is 10.2. The molecule has 0 aliphatic carbocycles. The first-order chi connectivity index (χ1) is 7.77. The highest BCUT2D eigenvalue weighted by Gasteiger charge is 2.20. The minimum atomic E-state index is -3.51. The smallest absolute Gasteiger partial charge is 0.241 e. The normalized spacial score (nSPS) is 13.6. The molecule has 96 valence electrons. The average Bonchev–Trinajstić information content (AvgIpc) is 2.22. The zero-order valence-corrected chi connectivity index (χ0v) is 12.5. The summed E-state index contributed by atoms with van der Waals surface area (Å²) < 4.78 is 27.5. The van der Waals surface area contributed by atoms with Crippen LogP contribution >= 0.6 is 15.9 Å². The molecule has 0 bridgehead atoms. The van der Waals surface area contributed by atoms with Gasteiger partial charge in [0.1, 0.15) is 0 Å². The zero-order chi connectivity index (χ0) is 13.2. The molecule has 0 aliphatic rings. The van der Waals surface area contributed by atoms with E-state index in [-0.39, 0.29) is 10.9 Å². The maximum Gasteiger partial charge on any atom is 0.241 e. The molecular formula is C11H17BrN2O2S. The predicted molar refractivity (Wildman–Crippen MR) is 73.4 cm³/mol. The van der Waals surface area contributed by atoms with E-state index < -0.39 is 10.0 Å². The number of hydrogen-bond acceptors (Lipinski definition) is 3. The van der Waals surface area contributed by atoms with Crippen molar-refractivity contribution in [3.63, 3.8) is 0 Å². The highest BCUT2D eigenvalue weighted by Crippen LogP contribution is 2.26. The van der Waals surface area contributed by atoms with Crippen LogP contribution in [-0.4, -0.2) is 14.5 Å². The second-order valence-electron chi connectivity index (χ2n) is 4.05. The molecule has 1 rings (SSSR count). The Hall–Kier alpha value is -0.590. The summed E-state index contributed by atoms with van der Waals surface area (Å²) in [4.78, 5) is 0.227. The van der Waals surface area contributed by atoms with E-state index in [4.69, 9.17) is 5.73 Å². The third-order valence-electron chi connectivity index (χ3n) is 2.62. The van der Waals surface area contributed by atoms with Crippen LogP contribution in [0.1, 0.15) is 25.8 Å². The lowest BCUT2D eigenvalue weighted by Crippen LogP contribution is -2.32. The monoisotopic (exact) mass is 320 g/mol. The Balaban J connectivity index is 3.24. The maximum absolute atomic E-state index is 12.1. The second kappa shape index (κ2) is 5.37. The van der Waals surface area contributed by atoms with Crippen molar-refractivity contribution in [2.45, 2.75) is 38.1 Å². The van der Waals surface area contributed by atoms with Crippen molar-refractivity contribution < 1.29 is 8.42 Å². The summed E-state index contributed by atoms with van der Waals surface area (Å²) in [7, 11) is -3.51. The molecular weight excluding hydrogens is 304 g/mol. The van der Waals surface area contributed by atoms with Crippen LogP contribution in [0.3, 0.4) is 0 Å². The topological polar surface area (TPSA) is 72.2 Å². The molecule has 1 unspecified atom stereocenters. The molecule has 0 radical (unpaired) electrons. The van der Waals surface area contributed by atoms with Crippen LogP contribution in [0.25, 0.3) is 0 Å². The van der Waals surface area contributed by atoms with Crippen molar-refractivity contribution >= 4 is 31.6 Å². The van der Waals surface area contributed by atoms with Gasteiger partial charge in [0.05, 0.1) is 4.90 Å². The van der Waals surface area contributed by atoms with Crippen LogP contribution in [0.2, 0.25) is 0 Å². The minimum Gasteiger partial charge on any atom is -0.398 e. The van der Waals surface area contributed by atoms with Crippen molar-refractivity contribution in [2.24, 2.45) is 0 Å². The molecule has 0 saturated heterocycles. The number of nitrogens with one attached hydrogen (secondary N) is 1. The summed E-state index contributed by atoms with van der Waals surface area (Å²) in [5, 5.41) is 0. The predicted octanol–water partition coefficient (Wildman–Crippen LogP) is 2.42. The Bertz CT molecular complexity index is 514. The number of nitrogens with two attached hydrogens (primary N) is 1. The number of benzene rings is 1. The Kier molecular flexibility index (Phi) is 4.57. The Morgan fingerprint density at radius 2 is 2.06 bits per heavy atom. The van der Waals surface area contributed by atoms with Crippen LogP contribution in [0, 0.1) is 6.92 Å². The van der Waals surface area contributed by atoms with Gasteiger partial charge in [0.2, 0.25) is 10.0 Å². The molecule has 0 aromatic heterocycles. The Labute approximate surface area is 111 Å². The quantitative estimate of drug-likeness (QED) is 0.837. The zero-order valence-electron chi connectivity index (χ0n) is 10.1. The molecule has 0 aliphatic heterocycles. The number of anilines is 1. The van der Waals surface area contributed by atoms with Gasteiger partial charge in [-0.3, -0.25) is 0 Å². The van der Waals surface area contributed by atoms with E-state index in [9.17, 15) is 8.42 Å². The van der Waals surface area contributed by atoms with Gasteiger partial charge in [0.15, 0.2) is 0 Å². The van der Waals surface area contributed by atoms with Gasteiger partial charge in [-0.15, -0.1) is 0 Å². The van der Waals surface area contributed by atoms with E-state index in [1.807, 2.05) is 13.8 Å². The number of sulfonamides is 1. The first-order valence-electron chi connectivity index (χ1n) is 5.36. The van der Waals surface area contributed by atoms with Crippen molar-refractivity contribution in [1.82, 2.24) is 4.72 Å². The molecule has 0 saturated carbocycles. The van der Waals surface area contributed by atoms with Gasteiger partial charge in [-0.1, -0.05) is 22.9 Å². The van der Waals surface area contributed by atoms with E-state index in [0.717, 1.165) is 6.42 Å². The van der Waals surface area contributed by atoms with E-state index in [0.29, 0.717) is 15.7 Å². The van der Waals surface area contributed by atoms with Gasteiger partial charge in [-0.2, -0.15) is 0 Å². The van der Waals surface area contributed by atoms with Gasteiger partial charge in [0, 0.05) is 16.2 Å². The fraction of sp³-hybridized carbons (Fsp3) is 0.455. The summed E-state index contributed by atoms with van der Waals surface area (Å²) in [5.41, 5.74) is 6.79. The summed E-state index contributed by atoms with van der Waals surface area (Å²) in [6, 6.07) is 3.16. The third-order valence-corrected chi connectivity index (χ3v) is 4.80. The molecule has 0 amide bonds. The highest BCUT2D eigenvalue weighted by atomic mass is 79.9. The van der Waals surface area contributed by atoms with Gasteiger partial charge in [-0.05, 0) is 38.0 Å². The van der Waals surface area contributed by atoms with Crippen LogP contribution in [0.5, 0.6) is 0 Å². The van der Waals surface area contributed by atoms with E-state index in [1.165, 1.54) is 0 Å². The molecule has 1 aromatic rings. The van der Waals surface area contributed by atoms with Crippen LogP contribution in [-0.2, 0) is 10.0 Å². The number of nitrogen functional groups attached to an aromatic ring is 1. The Morgan fingerprint density at radius 3 is 2.59 bits per heavy atom. The number of hydrogen-bond donors (Lipinski definition) is 2. The Morgan fingerprint density at radius 1 is 1.47 bits per heavy atom. The van der Waals surface area contributed by atoms with Crippen LogP contribution in [0.15, 0.2) is 21.5 Å². The fourth-order valence-electron chi connectivity index (χ4n) is 1.37. The lowest BCUT2D eigenvalue weighted by Gasteiger charge is -2.15. The fourth-order valence-corrected chi connectivity index (χ4v) is 3.62. The van der Waals surface area contributed by atoms with Crippen molar-refractivity contribution in [1.29, 1.82) is 0 Å². The van der Waals surface area contributed by atoms with Gasteiger partial charge >= 0.3 is 0 Å². The largest absolute Gasteiger partial charge is 0.398 e. The van der Waals surface area contributed by atoms with Gasteiger partial charge in [-0.25, -0.2) is 13.1 Å². The second-order valence-corrected chi connectivity index (χ2v) is 6.65. The standard InChI is InChI=1S/C11H17BrN2O2S/c1-4-7(2)14-17(15,16)11-6-9(12)5-10(13)8(11)3/h5-7,14H,4,13H2,1-3H3. The summed E-state index contributed by atoms with van der Waals surface area (Å²) in [5.74, 6) is 0. The van der Waals surface area contributed by atoms with E-state index in [1.54, 1.807) is 19.1 Å². The molecule has 0 spiro atoms. The summed E-state index contributed by atoms with van der Waals surface area (Å²) in [6.45, 7) is 5.45. The summed E-state index contributed by atoms with van der Waals surface area (Å²) in [6.07, 6.45) is 0.738. The van der Waals surface area contributed by atoms with Gasteiger partial charge in [0.25, 0.3) is 0 Å². The summed E-state index contributed by atoms with van der Waals surface area (Å²) >= 11 is 3.25. The molecule has 1 atom stereocenters. The van der Waals surface area contributed by atoms with Crippen molar-refractivity contribution in [2.75, 3.05) is 5.73 Å². The van der Waals surface area contributed by atoms with E-state index >= 15 is 0 Å². The molecule has 0 heterocycles. The number of halogens is 1. The lowest BCUT2D eigenvalue weighted by molar-refractivity contribution is 0.555. The average molecular weight is 321 g/mol. The molecule has 0 fully saturated rings.